The average molecular weight is 464 g/mol. The number of sulfonamides is 2. The van der Waals surface area contributed by atoms with Crippen molar-refractivity contribution in [3.8, 4) is 17.2 Å². The summed E-state index contributed by atoms with van der Waals surface area (Å²) in [4.78, 5) is -0.797. The first-order chi connectivity index (χ1) is 13.5. The maximum absolute atomic E-state index is 12.8. The third kappa shape index (κ3) is 3.81. The lowest BCUT2D eigenvalue weighted by Gasteiger charge is -2.30. The van der Waals surface area contributed by atoms with Crippen LogP contribution in [0.3, 0.4) is 0 Å². The highest BCUT2D eigenvalue weighted by molar-refractivity contribution is 7.90. The normalized spacial score (nSPS) is 17.8. The van der Waals surface area contributed by atoms with Crippen molar-refractivity contribution in [3.63, 3.8) is 0 Å². The Morgan fingerprint density at radius 2 is 1.72 bits per heavy atom. The van der Waals surface area contributed by atoms with Crippen LogP contribution in [0.15, 0.2) is 34.1 Å². The number of methoxy groups -OCH3 is 3. The summed E-state index contributed by atoms with van der Waals surface area (Å²) in [5.74, 6) is 0.928. The SMILES string of the molecule is COc1ccc([C@H]2Nc3cc(Cl)c(S(N)(=O)=O)cc3S(=O)(=O)N2)c(OC)c1OC. The van der Waals surface area contributed by atoms with Gasteiger partial charge in [0.05, 0.1) is 32.0 Å². The number of nitrogens with two attached hydrogens (primary N) is 1. The molecule has 10 nitrogen and oxygen atoms in total. The molecule has 0 saturated carbocycles. The molecule has 158 valence electrons. The van der Waals surface area contributed by atoms with Crippen molar-refractivity contribution in [2.24, 2.45) is 5.14 Å². The molecule has 0 saturated heterocycles. The van der Waals surface area contributed by atoms with Crippen molar-refractivity contribution in [1.82, 2.24) is 4.72 Å². The van der Waals surface area contributed by atoms with Gasteiger partial charge in [0.2, 0.25) is 25.8 Å². The van der Waals surface area contributed by atoms with E-state index in [0.717, 1.165) is 6.07 Å². The predicted molar refractivity (Wildman–Crippen MR) is 106 cm³/mol. The van der Waals surface area contributed by atoms with Crippen LogP contribution in [0.25, 0.3) is 0 Å². The van der Waals surface area contributed by atoms with Gasteiger partial charge in [-0.3, -0.25) is 0 Å². The van der Waals surface area contributed by atoms with Crippen LogP contribution in [0.5, 0.6) is 17.2 Å². The van der Waals surface area contributed by atoms with E-state index in [4.69, 9.17) is 31.0 Å². The number of hydrogen-bond donors (Lipinski definition) is 3. The number of primary sulfonamides is 1. The van der Waals surface area contributed by atoms with Gasteiger partial charge in [-0.05, 0) is 24.3 Å². The van der Waals surface area contributed by atoms with E-state index in [0.29, 0.717) is 11.3 Å². The van der Waals surface area contributed by atoms with Gasteiger partial charge in [-0.1, -0.05) is 11.6 Å². The van der Waals surface area contributed by atoms with Crippen LogP contribution in [-0.2, 0) is 20.0 Å². The summed E-state index contributed by atoms with van der Waals surface area (Å²) < 4.78 is 67.3. The first kappa shape index (κ1) is 21.5. The molecule has 0 bridgehead atoms. The summed E-state index contributed by atoms with van der Waals surface area (Å²) in [6, 6.07) is 5.30. The van der Waals surface area contributed by atoms with Crippen molar-refractivity contribution in [3.05, 3.63) is 34.9 Å². The molecule has 0 spiro atoms. The van der Waals surface area contributed by atoms with Gasteiger partial charge in [0, 0.05) is 5.56 Å². The fourth-order valence-electron chi connectivity index (χ4n) is 2.98. The second-order valence-electron chi connectivity index (χ2n) is 5.95. The van der Waals surface area contributed by atoms with E-state index >= 15 is 0 Å². The Balaban J connectivity index is 2.16. The Morgan fingerprint density at radius 1 is 1.07 bits per heavy atom. The molecule has 29 heavy (non-hydrogen) atoms. The lowest BCUT2D eigenvalue weighted by molar-refractivity contribution is 0.321. The van der Waals surface area contributed by atoms with Crippen molar-refractivity contribution in [2.75, 3.05) is 26.6 Å². The van der Waals surface area contributed by atoms with Gasteiger partial charge in [0.1, 0.15) is 16.0 Å². The molecule has 2 aromatic rings. The van der Waals surface area contributed by atoms with Crippen molar-refractivity contribution >= 4 is 37.3 Å². The topological polar surface area (TPSA) is 146 Å². The number of rotatable bonds is 5. The fourth-order valence-corrected chi connectivity index (χ4v) is 5.46. The summed E-state index contributed by atoms with van der Waals surface area (Å²) in [7, 11) is -4.05. The number of hydrogen-bond acceptors (Lipinski definition) is 8. The largest absolute Gasteiger partial charge is 0.493 e. The molecular weight excluding hydrogens is 446 g/mol. The van der Waals surface area contributed by atoms with Crippen LogP contribution in [0, 0.1) is 0 Å². The molecule has 0 aliphatic carbocycles. The Kier molecular flexibility index (Phi) is 5.58. The number of halogens is 1. The molecule has 13 heteroatoms. The van der Waals surface area contributed by atoms with E-state index in [2.05, 4.69) is 10.0 Å². The summed E-state index contributed by atoms with van der Waals surface area (Å²) in [6.45, 7) is 0. The van der Waals surface area contributed by atoms with Gasteiger partial charge >= 0.3 is 0 Å². The third-order valence-corrected chi connectivity index (χ3v) is 7.09. The zero-order chi connectivity index (χ0) is 21.6. The van der Waals surface area contributed by atoms with Crippen LogP contribution < -0.4 is 29.4 Å². The number of benzene rings is 2. The van der Waals surface area contributed by atoms with Crippen molar-refractivity contribution in [2.45, 2.75) is 16.0 Å². The van der Waals surface area contributed by atoms with Gasteiger partial charge in [0.25, 0.3) is 0 Å². The van der Waals surface area contributed by atoms with Gasteiger partial charge in [0.15, 0.2) is 11.5 Å². The first-order valence-electron chi connectivity index (χ1n) is 7.97. The highest BCUT2D eigenvalue weighted by Crippen LogP contribution is 2.44. The molecule has 0 unspecified atom stereocenters. The van der Waals surface area contributed by atoms with Crippen LogP contribution >= 0.6 is 11.6 Å². The average Bonchev–Trinajstić information content (AvgIpc) is 2.64. The number of anilines is 1. The minimum Gasteiger partial charge on any atom is -0.493 e. The molecule has 1 atom stereocenters. The van der Waals surface area contributed by atoms with E-state index in [1.165, 1.54) is 27.4 Å². The quantitative estimate of drug-likeness (QED) is 0.603. The zero-order valence-corrected chi connectivity index (χ0v) is 17.9. The lowest BCUT2D eigenvalue weighted by Crippen LogP contribution is -2.38. The Hall–Kier alpha value is -2.25. The smallest absolute Gasteiger partial charge is 0.244 e. The monoisotopic (exact) mass is 463 g/mol. The molecule has 0 fully saturated rings. The summed E-state index contributed by atoms with van der Waals surface area (Å²) in [5, 5.41) is 7.86. The van der Waals surface area contributed by atoms with Crippen LogP contribution in [0.4, 0.5) is 5.69 Å². The van der Waals surface area contributed by atoms with Crippen LogP contribution in [-0.4, -0.2) is 38.2 Å². The first-order valence-corrected chi connectivity index (χ1v) is 11.4. The maximum atomic E-state index is 12.8. The third-order valence-electron chi connectivity index (χ3n) is 4.25. The Bertz CT molecular complexity index is 1180. The lowest BCUT2D eigenvalue weighted by atomic mass is 10.1. The molecule has 1 aliphatic rings. The van der Waals surface area contributed by atoms with Crippen LogP contribution in [0.2, 0.25) is 5.02 Å². The Labute approximate surface area is 173 Å². The molecular formula is C16H18ClN3O7S2. The van der Waals surface area contributed by atoms with E-state index in [1.807, 2.05) is 0 Å². The van der Waals surface area contributed by atoms with Gasteiger partial charge in [-0.15, -0.1) is 0 Å². The predicted octanol–water partition coefficient (Wildman–Crippen LogP) is 1.42. The molecule has 0 radical (unpaired) electrons. The summed E-state index contributed by atoms with van der Waals surface area (Å²) >= 11 is 6.00. The molecule has 1 aliphatic heterocycles. The van der Waals surface area contributed by atoms with Gasteiger partial charge in [-0.2, -0.15) is 4.72 Å². The van der Waals surface area contributed by atoms with Gasteiger partial charge in [-0.25, -0.2) is 22.0 Å². The second-order valence-corrected chi connectivity index (χ2v) is 9.57. The number of nitrogens with one attached hydrogen (secondary N) is 2. The van der Waals surface area contributed by atoms with Crippen molar-refractivity contribution < 1.29 is 31.0 Å². The minimum atomic E-state index is -4.21. The fraction of sp³-hybridized carbons (Fsp3) is 0.250. The van der Waals surface area contributed by atoms with Crippen LogP contribution in [0.1, 0.15) is 11.7 Å². The maximum Gasteiger partial charge on any atom is 0.244 e. The van der Waals surface area contributed by atoms with E-state index in [1.54, 1.807) is 12.1 Å². The molecule has 1 heterocycles. The highest BCUT2D eigenvalue weighted by atomic mass is 35.5. The highest BCUT2D eigenvalue weighted by Gasteiger charge is 2.34. The summed E-state index contributed by atoms with van der Waals surface area (Å²) in [5.41, 5.74) is 0.508. The Morgan fingerprint density at radius 3 is 2.28 bits per heavy atom. The molecule has 0 aromatic heterocycles. The van der Waals surface area contributed by atoms with E-state index < -0.39 is 31.1 Å². The van der Waals surface area contributed by atoms with E-state index in [9.17, 15) is 16.8 Å². The minimum absolute atomic E-state index is 0.1000. The molecule has 4 N–H and O–H groups in total. The number of fused-ring (bicyclic) bond motifs is 1. The molecule has 2 aromatic carbocycles. The summed E-state index contributed by atoms with van der Waals surface area (Å²) in [6.07, 6.45) is -0.960. The van der Waals surface area contributed by atoms with E-state index in [-0.39, 0.29) is 27.1 Å². The second kappa shape index (κ2) is 7.54. The zero-order valence-electron chi connectivity index (χ0n) is 15.5. The number of ether oxygens (including phenoxy) is 3. The van der Waals surface area contributed by atoms with Gasteiger partial charge < -0.3 is 19.5 Å². The van der Waals surface area contributed by atoms with Crippen molar-refractivity contribution in [1.29, 1.82) is 0 Å². The molecule has 0 amide bonds. The molecule has 3 rings (SSSR count). The standard InChI is InChI=1S/C16H18ClN3O7S2/c1-25-11-5-4-8(14(26-2)15(11)27-3)16-19-10-6-9(17)12(28(18,21)22)7-13(10)29(23,24)20-16/h4-7,16,19-20H,1-3H3,(H2,18,21,22)/t16-/m0/s1.